The molecule has 0 bridgehead atoms. The summed E-state index contributed by atoms with van der Waals surface area (Å²) in [6, 6.07) is 6.33. The molecule has 6 heteroatoms. The summed E-state index contributed by atoms with van der Waals surface area (Å²) in [5, 5.41) is 7.64. The molecule has 2 saturated heterocycles. The lowest BCUT2D eigenvalue weighted by Crippen LogP contribution is -2.40. The molecule has 2 aliphatic rings. The van der Waals surface area contributed by atoms with Gasteiger partial charge < -0.3 is 9.84 Å². The highest BCUT2D eigenvalue weighted by atomic mass is 16.5. The topological polar surface area (TPSA) is 67.1 Å². The normalized spacial score (nSPS) is 25.9. The summed E-state index contributed by atoms with van der Waals surface area (Å²) < 4.78 is 5.37. The first-order chi connectivity index (χ1) is 10.4. The third-order valence-electron chi connectivity index (χ3n) is 4.40. The Kier molecular flexibility index (Phi) is 3.40. The first-order valence-electron chi connectivity index (χ1n) is 7.58. The van der Waals surface area contributed by atoms with Crippen molar-refractivity contribution in [2.75, 3.05) is 19.6 Å². The Bertz CT molecular complexity index is 585. The van der Waals surface area contributed by atoms with Crippen molar-refractivity contribution in [1.82, 2.24) is 25.3 Å². The van der Waals surface area contributed by atoms with Gasteiger partial charge in [0.2, 0.25) is 11.7 Å². The van der Waals surface area contributed by atoms with Crippen LogP contribution in [0.1, 0.15) is 18.7 Å². The maximum Gasteiger partial charge on any atom is 0.241 e. The molecule has 0 unspecified atom stereocenters. The average Bonchev–Trinajstić information content (AvgIpc) is 3.14. The second kappa shape index (κ2) is 5.54. The van der Waals surface area contributed by atoms with Gasteiger partial charge in [-0.1, -0.05) is 11.2 Å². The molecule has 2 aromatic heterocycles. The molecule has 2 aliphatic heterocycles. The van der Waals surface area contributed by atoms with E-state index >= 15 is 0 Å². The molecular formula is C15H19N5O. The molecule has 4 heterocycles. The van der Waals surface area contributed by atoms with Gasteiger partial charge in [0.1, 0.15) is 5.69 Å². The first-order valence-corrected chi connectivity index (χ1v) is 7.58. The number of rotatable bonds is 3. The maximum atomic E-state index is 5.37. The minimum absolute atomic E-state index is 0.570. The van der Waals surface area contributed by atoms with Crippen LogP contribution in [0, 0.1) is 5.92 Å². The van der Waals surface area contributed by atoms with E-state index in [9.17, 15) is 0 Å². The van der Waals surface area contributed by atoms with Crippen molar-refractivity contribution < 1.29 is 4.52 Å². The second-order valence-electron chi connectivity index (χ2n) is 5.88. The highest BCUT2D eigenvalue weighted by Gasteiger charge is 2.34. The molecule has 21 heavy (non-hydrogen) atoms. The van der Waals surface area contributed by atoms with Gasteiger partial charge >= 0.3 is 0 Å². The number of nitrogens with zero attached hydrogens (tertiary/aromatic N) is 4. The van der Waals surface area contributed by atoms with Crippen molar-refractivity contribution in [3.8, 4) is 11.5 Å². The summed E-state index contributed by atoms with van der Waals surface area (Å²) in [6.45, 7) is 4.08. The van der Waals surface area contributed by atoms with E-state index in [0.717, 1.165) is 37.8 Å². The Morgan fingerprint density at radius 1 is 1.33 bits per heavy atom. The smallest absolute Gasteiger partial charge is 0.241 e. The van der Waals surface area contributed by atoms with Crippen molar-refractivity contribution in [3.63, 3.8) is 0 Å². The van der Waals surface area contributed by atoms with E-state index in [0.29, 0.717) is 17.8 Å². The molecule has 0 radical (unpaired) electrons. The van der Waals surface area contributed by atoms with Gasteiger partial charge in [-0.25, -0.2) is 0 Å². The lowest BCUT2D eigenvalue weighted by molar-refractivity contribution is 0.259. The van der Waals surface area contributed by atoms with Gasteiger partial charge in [-0.05, 0) is 37.4 Å². The Balaban J connectivity index is 1.43. The molecule has 4 rings (SSSR count). The quantitative estimate of drug-likeness (QED) is 0.917. The number of fused-ring (bicyclic) bond motifs is 1. The summed E-state index contributed by atoms with van der Waals surface area (Å²) in [4.78, 5) is 11.1. The van der Waals surface area contributed by atoms with Gasteiger partial charge in [0.25, 0.3) is 0 Å². The third-order valence-corrected chi connectivity index (χ3v) is 4.40. The van der Waals surface area contributed by atoms with Gasteiger partial charge in [0.15, 0.2) is 0 Å². The lowest BCUT2D eigenvalue weighted by atomic mass is 9.94. The highest BCUT2D eigenvalue weighted by Crippen LogP contribution is 2.26. The molecule has 0 aromatic carbocycles. The zero-order valence-electron chi connectivity index (χ0n) is 11.9. The fraction of sp³-hybridized carbons (Fsp3) is 0.533. The predicted octanol–water partition coefficient (Wildman–Crippen LogP) is 1.32. The molecule has 0 aliphatic carbocycles. The SMILES string of the molecule is c1ccc(-c2noc(CN3C[C@@H]4CCCN[C@@H]4C3)n2)nc1. The van der Waals surface area contributed by atoms with Gasteiger partial charge in [-0.3, -0.25) is 9.88 Å². The molecule has 2 atom stereocenters. The number of piperidine rings is 1. The molecule has 2 fully saturated rings. The number of hydrogen-bond acceptors (Lipinski definition) is 6. The Morgan fingerprint density at radius 3 is 3.19 bits per heavy atom. The molecule has 6 nitrogen and oxygen atoms in total. The molecular weight excluding hydrogens is 266 g/mol. The fourth-order valence-electron chi connectivity index (χ4n) is 3.37. The average molecular weight is 285 g/mol. The van der Waals surface area contributed by atoms with Crippen LogP contribution in [0.25, 0.3) is 11.5 Å². The molecule has 0 spiro atoms. The van der Waals surface area contributed by atoms with E-state index in [-0.39, 0.29) is 0 Å². The van der Waals surface area contributed by atoms with Crippen LogP contribution in [0.5, 0.6) is 0 Å². The van der Waals surface area contributed by atoms with Crippen LogP contribution in [0.15, 0.2) is 28.9 Å². The van der Waals surface area contributed by atoms with Gasteiger partial charge in [-0.15, -0.1) is 0 Å². The van der Waals surface area contributed by atoms with Gasteiger partial charge in [0.05, 0.1) is 6.54 Å². The molecule has 2 aromatic rings. The van der Waals surface area contributed by atoms with E-state index < -0.39 is 0 Å². The number of pyridine rings is 1. The zero-order valence-corrected chi connectivity index (χ0v) is 11.9. The summed E-state index contributed by atoms with van der Waals surface area (Å²) >= 11 is 0. The highest BCUT2D eigenvalue weighted by molar-refractivity contribution is 5.46. The second-order valence-corrected chi connectivity index (χ2v) is 5.88. The van der Waals surface area contributed by atoms with Crippen molar-refractivity contribution >= 4 is 0 Å². The van der Waals surface area contributed by atoms with Crippen LogP contribution < -0.4 is 5.32 Å². The van der Waals surface area contributed by atoms with Gasteiger partial charge in [0, 0.05) is 25.3 Å². The largest absolute Gasteiger partial charge is 0.337 e. The van der Waals surface area contributed by atoms with Crippen molar-refractivity contribution in [1.29, 1.82) is 0 Å². The molecule has 0 saturated carbocycles. The van der Waals surface area contributed by atoms with Crippen molar-refractivity contribution in [2.24, 2.45) is 5.92 Å². The number of hydrogen-bond donors (Lipinski definition) is 1. The first kappa shape index (κ1) is 12.9. The van der Waals surface area contributed by atoms with Crippen molar-refractivity contribution in [2.45, 2.75) is 25.4 Å². The number of nitrogens with one attached hydrogen (secondary N) is 1. The third kappa shape index (κ3) is 2.69. The van der Waals surface area contributed by atoms with Gasteiger partial charge in [-0.2, -0.15) is 4.98 Å². The van der Waals surface area contributed by atoms with Crippen LogP contribution in [-0.2, 0) is 6.54 Å². The summed E-state index contributed by atoms with van der Waals surface area (Å²) in [5.41, 5.74) is 0.754. The minimum Gasteiger partial charge on any atom is -0.337 e. The van der Waals surface area contributed by atoms with E-state index in [1.165, 1.54) is 12.8 Å². The number of likely N-dealkylation sites (tertiary alicyclic amines) is 1. The Labute approximate surface area is 123 Å². The summed E-state index contributed by atoms with van der Waals surface area (Å²) in [5.74, 6) is 2.02. The predicted molar refractivity (Wildman–Crippen MR) is 77.3 cm³/mol. The van der Waals surface area contributed by atoms with Crippen LogP contribution in [0.2, 0.25) is 0 Å². The zero-order chi connectivity index (χ0) is 14.1. The standard InChI is InChI=1S/C15H19N5O/c1-2-6-16-12(5-1)15-18-14(21-19-15)10-20-8-11-4-3-7-17-13(11)9-20/h1-2,5-6,11,13,17H,3-4,7-10H2/t11-,13+/m0/s1. The van der Waals surface area contributed by atoms with E-state index in [2.05, 4.69) is 25.3 Å². The summed E-state index contributed by atoms with van der Waals surface area (Å²) in [7, 11) is 0. The molecule has 0 amide bonds. The van der Waals surface area contributed by atoms with Crippen LogP contribution in [-0.4, -0.2) is 45.7 Å². The summed E-state index contributed by atoms with van der Waals surface area (Å²) in [6.07, 6.45) is 4.36. The monoisotopic (exact) mass is 285 g/mol. The van der Waals surface area contributed by atoms with Crippen molar-refractivity contribution in [3.05, 3.63) is 30.3 Å². The lowest BCUT2D eigenvalue weighted by Gasteiger charge is -2.24. The Morgan fingerprint density at radius 2 is 2.33 bits per heavy atom. The Hall–Kier alpha value is -1.79. The van der Waals surface area contributed by atoms with E-state index in [4.69, 9.17) is 4.52 Å². The minimum atomic E-state index is 0.570. The molecule has 1 N–H and O–H groups in total. The van der Waals surface area contributed by atoms with Crippen LogP contribution >= 0.6 is 0 Å². The number of aromatic nitrogens is 3. The molecule has 110 valence electrons. The van der Waals surface area contributed by atoms with E-state index in [1.54, 1.807) is 6.20 Å². The van der Waals surface area contributed by atoms with E-state index in [1.807, 2.05) is 18.2 Å². The van der Waals surface area contributed by atoms with Crippen LogP contribution in [0.3, 0.4) is 0 Å². The maximum absolute atomic E-state index is 5.37. The van der Waals surface area contributed by atoms with Crippen LogP contribution in [0.4, 0.5) is 0 Å². The fourth-order valence-corrected chi connectivity index (χ4v) is 3.37.